The average molecular weight is 455 g/mol. The van der Waals surface area contributed by atoms with Gasteiger partial charge in [-0.2, -0.15) is 9.97 Å². The minimum absolute atomic E-state index is 0.00711. The van der Waals surface area contributed by atoms with Crippen molar-refractivity contribution in [1.82, 2.24) is 9.97 Å². The Morgan fingerprint density at radius 3 is 2.28 bits per heavy atom. The lowest BCUT2D eigenvalue weighted by atomic mass is 10.1. The molecule has 0 fully saturated rings. The molecule has 166 valence electrons. The summed E-state index contributed by atoms with van der Waals surface area (Å²) < 4.78 is 37.6. The smallest absolute Gasteiger partial charge is 0.321 e. The lowest BCUT2D eigenvalue weighted by Crippen LogP contribution is -2.15. The minimum atomic E-state index is -3.94. The van der Waals surface area contributed by atoms with Crippen molar-refractivity contribution in [2.45, 2.75) is 11.8 Å². The molecule has 0 atom stereocenters. The molecule has 1 heterocycles. The summed E-state index contributed by atoms with van der Waals surface area (Å²) in [6, 6.07) is 14.8. The molecule has 0 aliphatic heterocycles. The number of aromatic nitrogens is 2. The Bertz CT molecular complexity index is 1200. The summed E-state index contributed by atoms with van der Waals surface area (Å²) in [6.45, 7) is 1.99. The highest BCUT2D eigenvalue weighted by Crippen LogP contribution is 2.21. The van der Waals surface area contributed by atoms with Crippen LogP contribution in [-0.2, 0) is 14.8 Å². The highest BCUT2D eigenvalue weighted by molar-refractivity contribution is 7.92. The van der Waals surface area contributed by atoms with Gasteiger partial charge in [0.1, 0.15) is 0 Å². The van der Waals surface area contributed by atoms with Crippen LogP contribution in [0.2, 0.25) is 0 Å². The van der Waals surface area contributed by atoms with E-state index in [1.54, 1.807) is 6.08 Å². The molecule has 10 heteroatoms. The van der Waals surface area contributed by atoms with E-state index in [0.717, 1.165) is 11.1 Å². The molecular formula is C22H22N4O5S. The molecule has 1 amide bonds. The van der Waals surface area contributed by atoms with Gasteiger partial charge in [0, 0.05) is 17.8 Å². The number of methoxy groups -OCH3 is 2. The molecule has 0 unspecified atom stereocenters. The van der Waals surface area contributed by atoms with Crippen LogP contribution >= 0.6 is 0 Å². The number of rotatable bonds is 8. The fourth-order valence-electron chi connectivity index (χ4n) is 2.60. The van der Waals surface area contributed by atoms with Crippen molar-refractivity contribution in [3.8, 4) is 11.9 Å². The van der Waals surface area contributed by atoms with Gasteiger partial charge in [-0.25, -0.2) is 8.42 Å². The van der Waals surface area contributed by atoms with Crippen LogP contribution < -0.4 is 19.5 Å². The van der Waals surface area contributed by atoms with Crippen LogP contribution in [0.15, 0.2) is 65.6 Å². The molecular weight excluding hydrogens is 432 g/mol. The maximum atomic E-state index is 12.7. The highest BCUT2D eigenvalue weighted by atomic mass is 32.2. The van der Waals surface area contributed by atoms with Gasteiger partial charge in [0.2, 0.25) is 11.8 Å². The molecule has 0 aliphatic rings. The van der Waals surface area contributed by atoms with Gasteiger partial charge >= 0.3 is 6.01 Å². The first kappa shape index (κ1) is 22.8. The zero-order chi connectivity index (χ0) is 23.1. The van der Waals surface area contributed by atoms with Gasteiger partial charge in [0.05, 0.1) is 19.1 Å². The molecule has 0 bridgehead atoms. The summed E-state index contributed by atoms with van der Waals surface area (Å²) in [7, 11) is -1.19. The van der Waals surface area contributed by atoms with Crippen LogP contribution in [0.3, 0.4) is 0 Å². The molecule has 2 N–H and O–H groups in total. The first-order chi connectivity index (χ1) is 15.3. The van der Waals surface area contributed by atoms with E-state index in [2.05, 4.69) is 20.0 Å². The van der Waals surface area contributed by atoms with E-state index < -0.39 is 10.0 Å². The second kappa shape index (κ2) is 9.92. The first-order valence-corrected chi connectivity index (χ1v) is 10.9. The zero-order valence-electron chi connectivity index (χ0n) is 17.7. The number of aryl methyl sites for hydroxylation is 1. The normalized spacial score (nSPS) is 11.2. The Morgan fingerprint density at radius 1 is 0.969 bits per heavy atom. The standard InChI is InChI=1S/C22H22N4O5S/c1-15-4-6-16(7-5-15)8-13-20(27)23-17-9-11-18(12-10-17)32(28,29)26-19-14-21(30-2)25-22(24-19)31-3/h4-14H,1-3H3,(H,23,27)(H,24,25,26). The molecule has 3 rings (SSSR count). The molecule has 9 nitrogen and oxygen atoms in total. The predicted molar refractivity (Wildman–Crippen MR) is 121 cm³/mol. The molecule has 32 heavy (non-hydrogen) atoms. The molecule has 0 radical (unpaired) electrons. The predicted octanol–water partition coefficient (Wildman–Crippen LogP) is 3.25. The van der Waals surface area contributed by atoms with E-state index in [0.29, 0.717) is 5.69 Å². The van der Waals surface area contributed by atoms with Crippen molar-refractivity contribution in [2.75, 3.05) is 24.3 Å². The molecule has 0 aliphatic carbocycles. The molecule has 2 aromatic carbocycles. The number of sulfonamides is 1. The van der Waals surface area contributed by atoms with Crippen molar-refractivity contribution < 1.29 is 22.7 Å². The number of ether oxygens (including phenoxy) is 2. The quantitative estimate of drug-likeness (QED) is 0.501. The summed E-state index contributed by atoms with van der Waals surface area (Å²) in [4.78, 5) is 20.0. The van der Waals surface area contributed by atoms with E-state index >= 15 is 0 Å². The third-order valence-corrected chi connectivity index (χ3v) is 5.62. The van der Waals surface area contributed by atoms with Crippen molar-refractivity contribution in [3.63, 3.8) is 0 Å². The average Bonchev–Trinajstić information content (AvgIpc) is 2.78. The Morgan fingerprint density at radius 2 is 1.66 bits per heavy atom. The van der Waals surface area contributed by atoms with Gasteiger partial charge in [-0.3, -0.25) is 9.52 Å². The van der Waals surface area contributed by atoms with Gasteiger partial charge in [-0.05, 0) is 42.8 Å². The number of nitrogens with zero attached hydrogens (tertiary/aromatic N) is 2. The van der Waals surface area contributed by atoms with E-state index in [-0.39, 0.29) is 28.5 Å². The largest absolute Gasteiger partial charge is 0.481 e. The second-order valence-corrected chi connectivity index (χ2v) is 8.33. The Kier molecular flexibility index (Phi) is 7.06. The summed E-state index contributed by atoms with van der Waals surface area (Å²) in [5.41, 5.74) is 2.48. The topological polar surface area (TPSA) is 120 Å². The van der Waals surface area contributed by atoms with E-state index in [1.165, 1.54) is 50.6 Å². The SMILES string of the molecule is COc1cc(NS(=O)(=O)c2ccc(NC(=O)C=Cc3ccc(C)cc3)cc2)nc(OC)n1. The van der Waals surface area contributed by atoms with Crippen molar-refractivity contribution in [2.24, 2.45) is 0 Å². The fraction of sp³-hybridized carbons (Fsp3) is 0.136. The van der Waals surface area contributed by atoms with Crippen molar-refractivity contribution in [3.05, 3.63) is 71.8 Å². The van der Waals surface area contributed by atoms with Gasteiger partial charge in [-0.15, -0.1) is 0 Å². The van der Waals surface area contributed by atoms with Crippen LogP contribution in [0.25, 0.3) is 6.08 Å². The number of nitrogens with one attached hydrogen (secondary N) is 2. The zero-order valence-corrected chi connectivity index (χ0v) is 18.5. The van der Waals surface area contributed by atoms with Crippen LogP contribution in [-0.4, -0.2) is 38.5 Å². The third-order valence-electron chi connectivity index (χ3n) is 4.25. The summed E-state index contributed by atoms with van der Waals surface area (Å²) in [5.74, 6) is -0.196. The fourth-order valence-corrected chi connectivity index (χ4v) is 3.59. The first-order valence-electron chi connectivity index (χ1n) is 9.45. The van der Waals surface area contributed by atoms with Crippen LogP contribution in [0.5, 0.6) is 11.9 Å². The second-order valence-electron chi connectivity index (χ2n) is 6.65. The van der Waals surface area contributed by atoms with Crippen LogP contribution in [0.4, 0.5) is 11.5 Å². The number of carbonyl (C=O) groups is 1. The van der Waals surface area contributed by atoms with E-state index in [9.17, 15) is 13.2 Å². The summed E-state index contributed by atoms with van der Waals surface area (Å²) in [5, 5.41) is 2.69. The molecule has 0 spiro atoms. The number of hydrogen-bond acceptors (Lipinski definition) is 7. The third kappa shape index (κ3) is 6.05. The molecule has 0 saturated heterocycles. The lowest BCUT2D eigenvalue weighted by Gasteiger charge is -2.10. The van der Waals surface area contributed by atoms with Crippen molar-refractivity contribution >= 4 is 33.5 Å². The molecule has 3 aromatic rings. The number of amides is 1. The highest BCUT2D eigenvalue weighted by Gasteiger charge is 2.17. The summed E-state index contributed by atoms with van der Waals surface area (Å²) >= 11 is 0. The summed E-state index contributed by atoms with van der Waals surface area (Å²) in [6.07, 6.45) is 3.11. The Balaban J connectivity index is 1.67. The van der Waals surface area contributed by atoms with Crippen molar-refractivity contribution in [1.29, 1.82) is 0 Å². The number of anilines is 2. The van der Waals surface area contributed by atoms with Gasteiger partial charge in [0.25, 0.3) is 10.0 Å². The molecule has 0 saturated carbocycles. The number of hydrogen-bond donors (Lipinski definition) is 2. The van der Waals surface area contributed by atoms with Gasteiger partial charge in [0.15, 0.2) is 5.82 Å². The van der Waals surface area contributed by atoms with E-state index in [1.807, 2.05) is 31.2 Å². The minimum Gasteiger partial charge on any atom is -0.481 e. The number of carbonyl (C=O) groups excluding carboxylic acids is 1. The van der Waals surface area contributed by atoms with Crippen LogP contribution in [0.1, 0.15) is 11.1 Å². The monoisotopic (exact) mass is 454 g/mol. The lowest BCUT2D eigenvalue weighted by molar-refractivity contribution is -0.111. The molecule has 1 aromatic heterocycles. The van der Waals surface area contributed by atoms with E-state index in [4.69, 9.17) is 9.47 Å². The Labute approximate surface area is 186 Å². The maximum absolute atomic E-state index is 12.7. The number of benzene rings is 2. The Hall–Kier alpha value is -3.92. The van der Waals surface area contributed by atoms with Gasteiger partial charge in [-0.1, -0.05) is 29.8 Å². The van der Waals surface area contributed by atoms with Gasteiger partial charge < -0.3 is 14.8 Å². The maximum Gasteiger partial charge on any atom is 0.321 e. The van der Waals surface area contributed by atoms with Crippen LogP contribution in [0, 0.1) is 6.92 Å².